The SMILES string of the molecule is COC1=C[SH](C(CC(=O)NO)CC2CCCC2)C=C1. The predicted octanol–water partition coefficient (Wildman–Crippen LogP) is 2.85. The van der Waals surface area contributed by atoms with E-state index in [1.807, 2.05) is 6.08 Å². The lowest BCUT2D eigenvalue weighted by Gasteiger charge is -2.26. The molecule has 0 bridgehead atoms. The first-order valence-corrected chi connectivity index (χ1v) is 8.42. The molecule has 0 spiro atoms. The molecule has 19 heavy (non-hydrogen) atoms. The molecule has 1 amide bonds. The lowest BCUT2D eigenvalue weighted by atomic mass is 10.00. The van der Waals surface area contributed by atoms with E-state index >= 15 is 0 Å². The van der Waals surface area contributed by atoms with Crippen LogP contribution in [0.5, 0.6) is 0 Å². The van der Waals surface area contributed by atoms with Crippen LogP contribution < -0.4 is 5.48 Å². The highest BCUT2D eigenvalue weighted by Gasteiger charge is 2.26. The number of ether oxygens (including phenoxy) is 1. The summed E-state index contributed by atoms with van der Waals surface area (Å²) in [4.78, 5) is 11.5. The molecule has 1 fully saturated rings. The van der Waals surface area contributed by atoms with E-state index < -0.39 is 10.9 Å². The van der Waals surface area contributed by atoms with Crippen molar-refractivity contribution >= 4 is 16.8 Å². The largest absolute Gasteiger partial charge is 0.496 e. The summed E-state index contributed by atoms with van der Waals surface area (Å²) in [5.41, 5.74) is 1.76. The summed E-state index contributed by atoms with van der Waals surface area (Å²) in [6.07, 6.45) is 8.67. The third kappa shape index (κ3) is 4.01. The van der Waals surface area contributed by atoms with Crippen LogP contribution in [0.2, 0.25) is 0 Å². The molecule has 2 atom stereocenters. The third-order valence-electron chi connectivity index (χ3n) is 3.97. The van der Waals surface area contributed by atoms with Crippen LogP contribution >= 0.6 is 10.9 Å². The Labute approximate surface area is 117 Å². The van der Waals surface area contributed by atoms with Crippen molar-refractivity contribution in [3.05, 3.63) is 22.7 Å². The summed E-state index contributed by atoms with van der Waals surface area (Å²) < 4.78 is 5.23. The van der Waals surface area contributed by atoms with Crippen molar-refractivity contribution in [3.8, 4) is 0 Å². The van der Waals surface area contributed by atoms with E-state index in [9.17, 15) is 4.79 Å². The minimum Gasteiger partial charge on any atom is -0.496 e. The summed E-state index contributed by atoms with van der Waals surface area (Å²) >= 11 is 0. The van der Waals surface area contributed by atoms with Gasteiger partial charge in [-0.3, -0.25) is 10.0 Å². The fraction of sp³-hybridized carbons (Fsp3) is 0.643. The van der Waals surface area contributed by atoms with Gasteiger partial charge in [-0.25, -0.2) is 16.4 Å². The van der Waals surface area contributed by atoms with Gasteiger partial charge in [-0.2, -0.15) is 0 Å². The van der Waals surface area contributed by atoms with Crippen molar-refractivity contribution in [2.24, 2.45) is 5.92 Å². The monoisotopic (exact) mass is 285 g/mol. The molecular formula is C14H23NO3S. The van der Waals surface area contributed by atoms with Crippen molar-refractivity contribution in [1.29, 1.82) is 0 Å². The van der Waals surface area contributed by atoms with Crippen LogP contribution in [0.3, 0.4) is 0 Å². The fourth-order valence-electron chi connectivity index (χ4n) is 2.94. The molecule has 2 unspecified atom stereocenters. The van der Waals surface area contributed by atoms with Gasteiger partial charge < -0.3 is 4.74 Å². The van der Waals surface area contributed by atoms with Gasteiger partial charge in [-0.1, -0.05) is 25.7 Å². The predicted molar refractivity (Wildman–Crippen MR) is 78.1 cm³/mol. The van der Waals surface area contributed by atoms with Crippen molar-refractivity contribution in [1.82, 2.24) is 5.48 Å². The van der Waals surface area contributed by atoms with Gasteiger partial charge in [-0.05, 0) is 29.2 Å². The first-order chi connectivity index (χ1) is 9.22. The maximum Gasteiger partial charge on any atom is 0.244 e. The molecule has 108 valence electrons. The highest BCUT2D eigenvalue weighted by atomic mass is 32.2. The lowest BCUT2D eigenvalue weighted by Crippen LogP contribution is -2.25. The third-order valence-corrected chi connectivity index (χ3v) is 6.25. The zero-order valence-corrected chi connectivity index (χ0v) is 12.2. The summed E-state index contributed by atoms with van der Waals surface area (Å²) in [6, 6.07) is 0. The molecule has 1 heterocycles. The van der Waals surface area contributed by atoms with E-state index in [0.717, 1.165) is 18.1 Å². The molecule has 0 aromatic rings. The second kappa shape index (κ2) is 7.01. The molecule has 1 aliphatic carbocycles. The van der Waals surface area contributed by atoms with Crippen molar-refractivity contribution in [2.75, 3.05) is 7.11 Å². The molecule has 0 aromatic heterocycles. The van der Waals surface area contributed by atoms with Gasteiger partial charge in [0.1, 0.15) is 5.76 Å². The van der Waals surface area contributed by atoms with Crippen LogP contribution in [-0.2, 0) is 9.53 Å². The highest BCUT2D eigenvalue weighted by Crippen LogP contribution is 2.46. The first-order valence-electron chi connectivity index (χ1n) is 6.87. The van der Waals surface area contributed by atoms with Crippen molar-refractivity contribution in [3.63, 3.8) is 0 Å². The number of thiol groups is 1. The quantitative estimate of drug-likeness (QED) is 0.399. The number of methoxy groups -OCH3 is 1. The standard InChI is InChI=1S/C14H23NO3S/c1-18-12-6-7-19(10-12)13(9-14(16)15-17)8-11-4-2-3-5-11/h6-7,10-11,13,17,19H,2-5,8-9H2,1H3,(H,15,16). The number of hydrogen-bond donors (Lipinski definition) is 3. The van der Waals surface area contributed by atoms with Crippen LogP contribution in [0.4, 0.5) is 0 Å². The molecule has 0 aromatic carbocycles. The molecule has 1 saturated carbocycles. The first kappa shape index (κ1) is 14.5. The van der Waals surface area contributed by atoms with E-state index in [0.29, 0.717) is 11.7 Å². The Morgan fingerprint density at radius 3 is 2.89 bits per heavy atom. The Hall–Kier alpha value is -0.940. The molecule has 2 aliphatic rings. The van der Waals surface area contributed by atoms with Crippen LogP contribution in [0.25, 0.3) is 0 Å². The molecule has 0 radical (unpaired) electrons. The Morgan fingerprint density at radius 2 is 2.32 bits per heavy atom. The number of rotatable bonds is 6. The van der Waals surface area contributed by atoms with Crippen LogP contribution in [0, 0.1) is 5.92 Å². The molecular weight excluding hydrogens is 262 g/mol. The molecule has 0 saturated heterocycles. The molecule has 2 rings (SSSR count). The fourth-order valence-corrected chi connectivity index (χ4v) is 5.20. The maximum atomic E-state index is 11.5. The van der Waals surface area contributed by atoms with Gasteiger partial charge in [-0.15, -0.1) is 0 Å². The van der Waals surface area contributed by atoms with E-state index in [-0.39, 0.29) is 5.91 Å². The number of hydroxylamine groups is 1. The van der Waals surface area contributed by atoms with Gasteiger partial charge in [0.25, 0.3) is 0 Å². The molecule has 2 N–H and O–H groups in total. The Bertz CT molecular complexity index is 375. The number of nitrogens with one attached hydrogen (secondary N) is 1. The van der Waals surface area contributed by atoms with Crippen LogP contribution in [-0.4, -0.2) is 23.5 Å². The Kier molecular flexibility index (Phi) is 5.34. The summed E-state index contributed by atoms with van der Waals surface area (Å²) in [6.45, 7) is 0. The van der Waals surface area contributed by atoms with Crippen molar-refractivity contribution < 1.29 is 14.7 Å². The number of carbonyl (C=O) groups excluding carboxylic acids is 1. The zero-order valence-electron chi connectivity index (χ0n) is 11.3. The topological polar surface area (TPSA) is 58.6 Å². The molecule has 1 aliphatic heterocycles. The highest BCUT2D eigenvalue weighted by molar-refractivity contribution is 8.22. The number of amides is 1. The normalized spacial score (nSPS) is 26.2. The lowest BCUT2D eigenvalue weighted by molar-refractivity contribution is -0.129. The van der Waals surface area contributed by atoms with Gasteiger partial charge in [0, 0.05) is 11.7 Å². The number of allylic oxidation sites excluding steroid dienone is 1. The Balaban J connectivity index is 1.99. The summed E-state index contributed by atoms with van der Waals surface area (Å²) in [5.74, 6) is 1.36. The van der Waals surface area contributed by atoms with E-state index in [1.165, 1.54) is 25.7 Å². The minimum atomic E-state index is -0.448. The summed E-state index contributed by atoms with van der Waals surface area (Å²) in [7, 11) is 1.22. The zero-order chi connectivity index (χ0) is 13.7. The van der Waals surface area contributed by atoms with E-state index in [1.54, 1.807) is 12.6 Å². The smallest absolute Gasteiger partial charge is 0.244 e. The second-order valence-corrected chi connectivity index (χ2v) is 7.46. The van der Waals surface area contributed by atoms with Crippen molar-refractivity contribution in [2.45, 2.75) is 43.8 Å². The van der Waals surface area contributed by atoms with Gasteiger partial charge in [0.2, 0.25) is 5.91 Å². The van der Waals surface area contributed by atoms with E-state index in [4.69, 9.17) is 9.94 Å². The maximum absolute atomic E-state index is 11.5. The van der Waals surface area contributed by atoms with Crippen LogP contribution in [0.15, 0.2) is 22.7 Å². The summed E-state index contributed by atoms with van der Waals surface area (Å²) in [5, 5.41) is 13.4. The minimum absolute atomic E-state index is 0.279. The second-order valence-electron chi connectivity index (χ2n) is 5.28. The van der Waals surface area contributed by atoms with Gasteiger partial charge in [0.15, 0.2) is 0 Å². The average molecular weight is 285 g/mol. The molecule has 5 heteroatoms. The number of carbonyl (C=O) groups is 1. The van der Waals surface area contributed by atoms with Gasteiger partial charge in [0.05, 0.1) is 7.11 Å². The Morgan fingerprint density at radius 1 is 1.58 bits per heavy atom. The van der Waals surface area contributed by atoms with Crippen LogP contribution in [0.1, 0.15) is 38.5 Å². The molecule has 4 nitrogen and oxygen atoms in total. The van der Waals surface area contributed by atoms with Gasteiger partial charge >= 0.3 is 0 Å². The number of hydrogen-bond acceptors (Lipinski definition) is 3. The average Bonchev–Trinajstić information content (AvgIpc) is 3.08. The van der Waals surface area contributed by atoms with E-state index in [2.05, 4.69) is 10.8 Å².